The monoisotopic (exact) mass is 517 g/mol. The Morgan fingerprint density at radius 3 is 2.31 bits per heavy atom. The smallest absolute Gasteiger partial charge is 0.166 e. The van der Waals surface area contributed by atoms with Gasteiger partial charge in [-0.2, -0.15) is 0 Å². The molecule has 3 aromatic rings. The van der Waals surface area contributed by atoms with E-state index in [0.29, 0.717) is 63.6 Å². The summed E-state index contributed by atoms with van der Waals surface area (Å²) >= 11 is 6.44. The molecule has 0 aliphatic rings. The fourth-order valence-corrected chi connectivity index (χ4v) is 4.06. The number of aliphatic hydroxyl groups excluding tert-OH is 2. The van der Waals surface area contributed by atoms with Crippen LogP contribution in [0, 0.1) is 0 Å². The zero-order valence-corrected chi connectivity index (χ0v) is 21.6. The minimum atomic E-state index is -1.12. The van der Waals surface area contributed by atoms with Crippen LogP contribution in [0.1, 0.15) is 29.2 Å². The Kier molecular flexibility index (Phi) is 9.93. The summed E-state index contributed by atoms with van der Waals surface area (Å²) in [5, 5.41) is 24.5. The van der Waals surface area contributed by atoms with Crippen LogP contribution in [0.3, 0.4) is 0 Å². The molecule has 8 nitrogen and oxygen atoms in total. The molecule has 0 amide bonds. The van der Waals surface area contributed by atoms with Crippen molar-refractivity contribution in [1.29, 1.82) is 0 Å². The van der Waals surface area contributed by atoms with Crippen molar-refractivity contribution in [2.45, 2.75) is 19.1 Å². The van der Waals surface area contributed by atoms with E-state index in [0.717, 1.165) is 5.56 Å². The van der Waals surface area contributed by atoms with Gasteiger partial charge in [-0.3, -0.25) is 0 Å². The van der Waals surface area contributed by atoms with Crippen LogP contribution in [0.5, 0.6) is 28.7 Å². The zero-order chi connectivity index (χ0) is 26.1. The van der Waals surface area contributed by atoms with Crippen molar-refractivity contribution >= 4 is 17.3 Å². The number of aliphatic hydroxyl groups is 2. The molecule has 0 aromatic heterocycles. The molecule has 194 valence electrons. The molecule has 9 heteroatoms. The van der Waals surface area contributed by atoms with Gasteiger partial charge in [0.05, 0.1) is 40.7 Å². The van der Waals surface area contributed by atoms with Crippen LogP contribution in [0.2, 0.25) is 5.02 Å². The van der Waals surface area contributed by atoms with E-state index >= 15 is 0 Å². The predicted molar refractivity (Wildman–Crippen MR) is 139 cm³/mol. The van der Waals surface area contributed by atoms with E-state index in [9.17, 15) is 10.2 Å². The highest BCUT2D eigenvalue weighted by Crippen LogP contribution is 2.43. The average Bonchev–Trinajstić information content (AvgIpc) is 2.91. The number of anilines is 1. The van der Waals surface area contributed by atoms with E-state index in [4.69, 9.17) is 35.3 Å². The maximum absolute atomic E-state index is 11.5. The van der Waals surface area contributed by atoms with E-state index in [1.54, 1.807) is 50.6 Å². The first kappa shape index (κ1) is 27.3. The van der Waals surface area contributed by atoms with Crippen molar-refractivity contribution in [2.75, 3.05) is 47.0 Å². The number of hydrogen-bond acceptors (Lipinski definition) is 8. The van der Waals surface area contributed by atoms with Crippen molar-refractivity contribution in [3.8, 4) is 28.7 Å². The van der Waals surface area contributed by atoms with Crippen LogP contribution in [-0.4, -0.2) is 51.9 Å². The second-order valence-electron chi connectivity index (χ2n) is 7.81. The summed E-state index contributed by atoms with van der Waals surface area (Å²) in [6.07, 6.45) is -0.672. The summed E-state index contributed by atoms with van der Waals surface area (Å²) in [4.78, 5) is 0. The third kappa shape index (κ3) is 6.26. The third-order valence-corrected chi connectivity index (χ3v) is 5.85. The summed E-state index contributed by atoms with van der Waals surface area (Å²) in [5.74, 6) is 2.68. The van der Waals surface area contributed by atoms with Crippen molar-refractivity contribution in [3.63, 3.8) is 0 Å². The summed E-state index contributed by atoms with van der Waals surface area (Å²) in [7, 11) is 6.24. The van der Waals surface area contributed by atoms with Gasteiger partial charge >= 0.3 is 0 Å². The molecule has 0 aliphatic carbocycles. The van der Waals surface area contributed by atoms with Gasteiger partial charge in [0, 0.05) is 53.4 Å². The Bertz CT molecular complexity index is 1160. The van der Waals surface area contributed by atoms with E-state index in [1.165, 1.54) is 14.2 Å². The highest BCUT2D eigenvalue weighted by molar-refractivity contribution is 6.31. The second kappa shape index (κ2) is 13.1. The Morgan fingerprint density at radius 1 is 0.861 bits per heavy atom. The van der Waals surface area contributed by atoms with Crippen molar-refractivity contribution in [2.24, 2.45) is 0 Å². The molecule has 3 aromatic carbocycles. The quantitative estimate of drug-likeness (QED) is 0.277. The van der Waals surface area contributed by atoms with Crippen LogP contribution >= 0.6 is 11.6 Å². The standard InChI is InChI=1S/C27H32ClNO7/c1-32-19-10-9-17(23(15-19)34-3)16-29-25-21(13-18(28)14-24(25)36-12-6-11-30)26(31)20-7-5-8-22(33-2)27(20)35-4/h5,7-10,13-15,26,29-31H,6,11-12,16H2,1-4H3. The summed E-state index contributed by atoms with van der Waals surface area (Å²) in [6.45, 7) is 0.623. The molecular weight excluding hydrogens is 486 g/mol. The van der Waals surface area contributed by atoms with E-state index in [-0.39, 0.29) is 13.2 Å². The summed E-state index contributed by atoms with van der Waals surface area (Å²) in [6, 6.07) is 14.2. The molecule has 0 saturated carbocycles. The first-order chi connectivity index (χ1) is 17.5. The van der Waals surface area contributed by atoms with Gasteiger partial charge in [0.15, 0.2) is 11.5 Å². The predicted octanol–water partition coefficient (Wildman–Crippen LogP) is 4.83. The fraction of sp³-hybridized carbons (Fsp3) is 0.333. The molecule has 0 heterocycles. The Hall–Kier alpha value is -3.33. The SMILES string of the molecule is COc1ccc(CNc2c(OCCCO)cc(Cl)cc2C(O)c2cccc(OC)c2OC)c(OC)c1. The number of benzene rings is 3. The van der Waals surface area contributed by atoms with Crippen molar-refractivity contribution in [3.05, 3.63) is 70.2 Å². The topological polar surface area (TPSA) is 98.6 Å². The van der Waals surface area contributed by atoms with Crippen molar-refractivity contribution in [1.82, 2.24) is 0 Å². The van der Waals surface area contributed by atoms with Crippen molar-refractivity contribution < 1.29 is 33.9 Å². The normalized spacial score (nSPS) is 11.5. The zero-order valence-electron chi connectivity index (χ0n) is 20.8. The van der Waals surface area contributed by atoms with Gasteiger partial charge in [-0.15, -0.1) is 0 Å². The lowest BCUT2D eigenvalue weighted by molar-refractivity contribution is 0.212. The molecule has 0 bridgehead atoms. The van der Waals surface area contributed by atoms with Gasteiger partial charge in [-0.25, -0.2) is 0 Å². The Labute approximate surface area is 216 Å². The molecule has 36 heavy (non-hydrogen) atoms. The average molecular weight is 518 g/mol. The molecule has 1 unspecified atom stereocenters. The molecule has 0 saturated heterocycles. The minimum Gasteiger partial charge on any atom is -0.497 e. The van der Waals surface area contributed by atoms with Gasteiger partial charge in [-0.05, 0) is 24.3 Å². The largest absolute Gasteiger partial charge is 0.497 e. The fourth-order valence-electron chi connectivity index (χ4n) is 3.84. The van der Waals surface area contributed by atoms with Gasteiger partial charge in [-0.1, -0.05) is 23.7 Å². The molecule has 3 rings (SSSR count). The molecule has 0 aliphatic heterocycles. The van der Waals surface area contributed by atoms with Crippen LogP contribution in [0.25, 0.3) is 0 Å². The van der Waals surface area contributed by atoms with Crippen LogP contribution in [0.15, 0.2) is 48.5 Å². The maximum Gasteiger partial charge on any atom is 0.166 e. The molecule has 0 spiro atoms. The second-order valence-corrected chi connectivity index (χ2v) is 8.25. The lowest BCUT2D eigenvalue weighted by Gasteiger charge is -2.23. The van der Waals surface area contributed by atoms with E-state index < -0.39 is 6.10 Å². The lowest BCUT2D eigenvalue weighted by Crippen LogP contribution is -2.12. The number of para-hydroxylation sites is 1. The van der Waals surface area contributed by atoms with Gasteiger partial charge < -0.3 is 39.2 Å². The molecule has 0 radical (unpaired) electrons. The molecular formula is C27H32ClNO7. The highest BCUT2D eigenvalue weighted by Gasteiger charge is 2.24. The number of nitrogens with one attached hydrogen (secondary N) is 1. The Balaban J connectivity index is 2.06. The van der Waals surface area contributed by atoms with Gasteiger partial charge in [0.25, 0.3) is 0 Å². The number of hydrogen-bond donors (Lipinski definition) is 3. The minimum absolute atomic E-state index is 0.0110. The summed E-state index contributed by atoms with van der Waals surface area (Å²) < 4.78 is 27.7. The van der Waals surface area contributed by atoms with Gasteiger partial charge in [0.1, 0.15) is 23.4 Å². The molecule has 0 fully saturated rings. The third-order valence-electron chi connectivity index (χ3n) is 5.63. The maximum atomic E-state index is 11.5. The number of methoxy groups -OCH3 is 4. The number of ether oxygens (including phenoxy) is 5. The first-order valence-electron chi connectivity index (χ1n) is 11.4. The summed E-state index contributed by atoms with van der Waals surface area (Å²) in [5.41, 5.74) is 2.41. The van der Waals surface area contributed by atoms with E-state index in [1.807, 2.05) is 12.1 Å². The first-order valence-corrected chi connectivity index (χ1v) is 11.8. The number of halogens is 1. The highest BCUT2D eigenvalue weighted by atomic mass is 35.5. The van der Waals surface area contributed by atoms with Crippen LogP contribution in [-0.2, 0) is 6.54 Å². The lowest BCUT2D eigenvalue weighted by atomic mass is 9.97. The number of rotatable bonds is 13. The molecule has 3 N–H and O–H groups in total. The van der Waals surface area contributed by atoms with E-state index in [2.05, 4.69) is 5.32 Å². The molecule has 1 atom stereocenters. The van der Waals surface area contributed by atoms with Crippen LogP contribution < -0.4 is 29.0 Å². The van der Waals surface area contributed by atoms with Gasteiger partial charge in [0.2, 0.25) is 0 Å². The Morgan fingerprint density at radius 2 is 1.64 bits per heavy atom. The van der Waals surface area contributed by atoms with Crippen LogP contribution in [0.4, 0.5) is 5.69 Å².